The minimum atomic E-state index is -4.70. The average Bonchev–Trinajstić information content (AvgIpc) is 2.14. The van der Waals surface area contributed by atoms with Crippen molar-refractivity contribution in [2.45, 2.75) is 11.1 Å². The first kappa shape index (κ1) is 12.8. The first-order valence-corrected chi connectivity index (χ1v) is 5.49. The van der Waals surface area contributed by atoms with E-state index in [1.807, 2.05) is 0 Å². The number of sulfonamides is 1. The highest BCUT2D eigenvalue weighted by Crippen LogP contribution is 2.37. The molecule has 0 aliphatic carbocycles. The molecule has 8 heteroatoms. The molecule has 1 aromatic rings. The zero-order chi connectivity index (χ0) is 12.6. The molecular formula is C8H8F3NO3S. The molecule has 2 N–H and O–H groups in total. The van der Waals surface area contributed by atoms with Crippen LogP contribution in [0, 0.1) is 0 Å². The van der Waals surface area contributed by atoms with Gasteiger partial charge in [-0.15, -0.1) is 0 Å². The third-order valence-electron chi connectivity index (χ3n) is 1.80. The Morgan fingerprint density at radius 2 is 1.88 bits per heavy atom. The molecule has 0 radical (unpaired) electrons. The highest BCUT2D eigenvalue weighted by Gasteiger charge is 2.35. The maximum atomic E-state index is 12.5. The van der Waals surface area contributed by atoms with E-state index in [0.29, 0.717) is 6.07 Å². The summed E-state index contributed by atoms with van der Waals surface area (Å²) in [4.78, 5) is -0.611. The molecule has 0 heterocycles. The van der Waals surface area contributed by atoms with E-state index in [4.69, 9.17) is 5.14 Å². The smallest absolute Gasteiger partial charge is 0.420 e. The zero-order valence-corrected chi connectivity index (χ0v) is 8.89. The molecule has 4 nitrogen and oxygen atoms in total. The summed E-state index contributed by atoms with van der Waals surface area (Å²) in [5.41, 5.74) is -1.18. The van der Waals surface area contributed by atoms with E-state index in [1.165, 1.54) is 0 Å². The number of hydrogen-bond acceptors (Lipinski definition) is 3. The maximum Gasteiger partial charge on any atom is 0.420 e. The molecule has 0 spiro atoms. The van der Waals surface area contributed by atoms with Crippen LogP contribution in [0.4, 0.5) is 13.2 Å². The lowest BCUT2D eigenvalue weighted by atomic mass is 10.2. The van der Waals surface area contributed by atoms with Crippen molar-refractivity contribution in [2.75, 3.05) is 7.11 Å². The molecule has 16 heavy (non-hydrogen) atoms. The van der Waals surface area contributed by atoms with Crippen LogP contribution >= 0.6 is 0 Å². The van der Waals surface area contributed by atoms with Gasteiger partial charge in [-0.2, -0.15) is 13.2 Å². The van der Waals surface area contributed by atoms with Gasteiger partial charge in [0, 0.05) is 0 Å². The molecule has 0 fully saturated rings. The normalized spacial score (nSPS) is 12.6. The molecule has 0 aromatic heterocycles. The molecule has 1 aromatic carbocycles. The highest BCUT2D eigenvalue weighted by atomic mass is 32.2. The number of methoxy groups -OCH3 is 1. The molecule has 90 valence electrons. The van der Waals surface area contributed by atoms with Crippen LogP contribution in [0.1, 0.15) is 5.56 Å². The second-order valence-corrected chi connectivity index (χ2v) is 4.47. The Kier molecular flexibility index (Phi) is 3.15. The summed E-state index contributed by atoms with van der Waals surface area (Å²) in [6, 6.07) is 2.29. The first-order chi connectivity index (χ1) is 7.16. The number of rotatable bonds is 2. The number of alkyl halides is 3. The molecule has 0 saturated heterocycles. The molecule has 0 aliphatic heterocycles. The van der Waals surface area contributed by atoms with Crippen molar-refractivity contribution in [3.05, 3.63) is 23.8 Å². The van der Waals surface area contributed by atoms with Crippen molar-refractivity contribution < 1.29 is 26.3 Å². The lowest BCUT2D eigenvalue weighted by Gasteiger charge is -2.12. The standard InChI is InChI=1S/C8H8F3NO3S/c1-15-7-3-2-5(16(12,13)14)4-6(7)8(9,10)11/h2-4H,1H3,(H2,12,13,14). The van der Waals surface area contributed by atoms with Gasteiger partial charge in [0.2, 0.25) is 10.0 Å². The lowest BCUT2D eigenvalue weighted by Crippen LogP contribution is -2.15. The van der Waals surface area contributed by atoms with Crippen LogP contribution < -0.4 is 9.88 Å². The van der Waals surface area contributed by atoms with E-state index in [1.54, 1.807) is 0 Å². The van der Waals surface area contributed by atoms with E-state index in [-0.39, 0.29) is 0 Å². The number of nitrogens with two attached hydrogens (primary N) is 1. The lowest BCUT2D eigenvalue weighted by molar-refractivity contribution is -0.138. The number of hydrogen-bond donors (Lipinski definition) is 1. The third-order valence-corrected chi connectivity index (χ3v) is 2.72. The Morgan fingerprint density at radius 3 is 2.25 bits per heavy atom. The van der Waals surface area contributed by atoms with Gasteiger partial charge in [0.15, 0.2) is 0 Å². The molecule has 1 rings (SSSR count). The fraction of sp³-hybridized carbons (Fsp3) is 0.250. The quantitative estimate of drug-likeness (QED) is 0.867. The predicted molar refractivity (Wildman–Crippen MR) is 49.4 cm³/mol. The molecular weight excluding hydrogens is 247 g/mol. The van der Waals surface area contributed by atoms with Crippen molar-refractivity contribution in [3.63, 3.8) is 0 Å². The Balaban J connectivity index is 3.45. The van der Waals surface area contributed by atoms with Crippen molar-refractivity contribution >= 4 is 10.0 Å². The molecule has 0 bridgehead atoms. The second-order valence-electron chi connectivity index (χ2n) is 2.90. The van der Waals surface area contributed by atoms with Crippen molar-refractivity contribution in [1.82, 2.24) is 0 Å². The predicted octanol–water partition coefficient (Wildman–Crippen LogP) is 1.36. The summed E-state index contributed by atoms with van der Waals surface area (Å²) in [5, 5.41) is 4.72. The van der Waals surface area contributed by atoms with Gasteiger partial charge < -0.3 is 4.74 Å². The Bertz CT molecular complexity index is 496. The van der Waals surface area contributed by atoms with Crippen LogP contribution in [-0.2, 0) is 16.2 Å². The van der Waals surface area contributed by atoms with Gasteiger partial charge in [0.05, 0.1) is 17.6 Å². The van der Waals surface area contributed by atoms with Crippen LogP contribution in [0.2, 0.25) is 0 Å². The number of benzene rings is 1. The van der Waals surface area contributed by atoms with Crippen LogP contribution in [0.15, 0.2) is 23.1 Å². The van der Waals surface area contributed by atoms with E-state index in [2.05, 4.69) is 4.74 Å². The highest BCUT2D eigenvalue weighted by molar-refractivity contribution is 7.89. The number of ether oxygens (including phenoxy) is 1. The fourth-order valence-electron chi connectivity index (χ4n) is 1.09. The van der Waals surface area contributed by atoms with Gasteiger partial charge in [-0.25, -0.2) is 13.6 Å². The summed E-state index contributed by atoms with van der Waals surface area (Å²) < 4.78 is 63.7. The minimum Gasteiger partial charge on any atom is -0.496 e. The van der Waals surface area contributed by atoms with Gasteiger partial charge in [0.1, 0.15) is 5.75 Å². The Morgan fingerprint density at radius 1 is 1.31 bits per heavy atom. The van der Waals surface area contributed by atoms with Gasteiger partial charge >= 0.3 is 6.18 Å². The molecule has 0 amide bonds. The molecule has 0 saturated carbocycles. The second kappa shape index (κ2) is 3.95. The average molecular weight is 255 g/mol. The van der Waals surface area contributed by atoms with Crippen molar-refractivity contribution in [3.8, 4) is 5.75 Å². The monoisotopic (exact) mass is 255 g/mol. The minimum absolute atomic E-state index is 0.439. The van der Waals surface area contributed by atoms with Crippen molar-refractivity contribution in [1.29, 1.82) is 0 Å². The number of primary sulfonamides is 1. The van der Waals surface area contributed by atoms with Gasteiger partial charge in [-0.1, -0.05) is 0 Å². The van der Waals surface area contributed by atoms with Crippen LogP contribution in [-0.4, -0.2) is 15.5 Å². The van der Waals surface area contributed by atoms with E-state index in [9.17, 15) is 21.6 Å². The largest absolute Gasteiger partial charge is 0.496 e. The maximum absolute atomic E-state index is 12.5. The summed E-state index contributed by atoms with van der Waals surface area (Å²) >= 11 is 0. The van der Waals surface area contributed by atoms with Crippen LogP contribution in [0.5, 0.6) is 5.75 Å². The summed E-state index contributed by atoms with van der Waals surface area (Å²) in [7, 11) is -3.11. The topological polar surface area (TPSA) is 69.4 Å². The van der Waals surface area contributed by atoms with E-state index >= 15 is 0 Å². The van der Waals surface area contributed by atoms with Crippen LogP contribution in [0.25, 0.3) is 0 Å². The first-order valence-electron chi connectivity index (χ1n) is 3.94. The zero-order valence-electron chi connectivity index (χ0n) is 8.08. The van der Waals surface area contributed by atoms with Crippen molar-refractivity contribution in [2.24, 2.45) is 5.14 Å². The SMILES string of the molecule is COc1ccc(S(N)(=O)=O)cc1C(F)(F)F. The van der Waals surface area contributed by atoms with Gasteiger partial charge in [-0.3, -0.25) is 0 Å². The van der Waals surface area contributed by atoms with Gasteiger partial charge in [0.25, 0.3) is 0 Å². The van der Waals surface area contributed by atoms with Gasteiger partial charge in [-0.05, 0) is 18.2 Å². The molecule has 0 aliphatic rings. The summed E-state index contributed by atoms with van der Waals surface area (Å²) in [6.07, 6.45) is -4.70. The summed E-state index contributed by atoms with van der Waals surface area (Å²) in [6.45, 7) is 0. The Hall–Kier alpha value is -1.28. The van der Waals surface area contributed by atoms with E-state index < -0.39 is 32.4 Å². The van der Waals surface area contributed by atoms with Crippen LogP contribution in [0.3, 0.4) is 0 Å². The Labute approximate surface area is 89.9 Å². The third kappa shape index (κ3) is 2.64. The van der Waals surface area contributed by atoms with E-state index in [0.717, 1.165) is 19.2 Å². The number of halogens is 3. The fourth-order valence-corrected chi connectivity index (χ4v) is 1.63. The summed E-state index contributed by atoms with van der Waals surface area (Å²) in [5.74, 6) is -0.458. The molecule has 0 unspecified atom stereocenters. The molecule has 0 atom stereocenters.